The normalized spacial score (nSPS) is 15.0. The minimum atomic E-state index is -4.01. The van der Waals surface area contributed by atoms with Gasteiger partial charge in [0, 0.05) is 0 Å². The average Bonchev–Trinajstić information content (AvgIpc) is 1.86. The third kappa shape index (κ3) is 2.34. The molecule has 10 heavy (non-hydrogen) atoms. The molecule has 0 aromatic rings. The summed E-state index contributed by atoms with van der Waals surface area (Å²) in [6.45, 7) is -2.06. The Balaban J connectivity index is 4.49. The van der Waals surface area contributed by atoms with Gasteiger partial charge in [0.2, 0.25) is 5.29 Å². The van der Waals surface area contributed by atoms with Gasteiger partial charge in [-0.1, -0.05) is 11.6 Å². The molecule has 0 bridgehead atoms. The predicted molar refractivity (Wildman–Crippen MR) is 30.8 cm³/mol. The van der Waals surface area contributed by atoms with Gasteiger partial charge in [-0.3, -0.25) is 0 Å². The van der Waals surface area contributed by atoms with Crippen LogP contribution in [0.4, 0.5) is 17.6 Å². The molecule has 0 nitrogen and oxygen atoms in total. The molecule has 0 heterocycles. The van der Waals surface area contributed by atoms with Crippen molar-refractivity contribution in [3.8, 4) is 0 Å². The smallest absolute Gasteiger partial charge is 0.244 e. The van der Waals surface area contributed by atoms with E-state index in [9.17, 15) is 17.6 Å². The van der Waals surface area contributed by atoms with E-state index in [2.05, 4.69) is 23.2 Å². The summed E-state index contributed by atoms with van der Waals surface area (Å²) in [5, 5.41) is -3.39. The predicted octanol–water partition coefficient (Wildman–Crippen LogP) is 3.21. The van der Waals surface area contributed by atoms with E-state index in [1.807, 2.05) is 0 Å². The lowest BCUT2D eigenvalue weighted by Gasteiger charge is -2.08. The van der Waals surface area contributed by atoms with Crippen LogP contribution < -0.4 is 0 Å². The van der Waals surface area contributed by atoms with Gasteiger partial charge in [-0.25, -0.2) is 4.39 Å². The van der Waals surface area contributed by atoms with Crippen LogP contribution in [-0.2, 0) is 0 Å². The lowest BCUT2D eigenvalue weighted by molar-refractivity contribution is 0.0213. The Morgan fingerprint density at radius 3 is 1.80 bits per heavy atom. The second-order valence-electron chi connectivity index (χ2n) is 1.41. The van der Waals surface area contributed by atoms with E-state index in [-0.39, 0.29) is 0 Å². The fraction of sp³-hybridized carbons (Fsp3) is 0.500. The lowest BCUT2D eigenvalue weighted by atomic mass is 10.4. The maximum absolute atomic E-state index is 11.9. The highest BCUT2D eigenvalue weighted by molar-refractivity contribution is 6.38. The SMILES string of the molecule is FCC(F)(F)C(Cl)=C(F)Cl. The molecular formula is C4H2Cl2F4. The van der Waals surface area contributed by atoms with Gasteiger partial charge in [0.15, 0.2) is 6.67 Å². The third-order valence-electron chi connectivity index (χ3n) is 0.655. The molecule has 60 valence electrons. The molecule has 0 aliphatic carbocycles. The van der Waals surface area contributed by atoms with Crippen LogP contribution in [0.1, 0.15) is 0 Å². The molecule has 0 unspecified atom stereocenters. The van der Waals surface area contributed by atoms with Crippen molar-refractivity contribution in [2.24, 2.45) is 0 Å². The standard InChI is InChI=1S/C4H2Cl2F4/c5-2(3(6)8)4(9,10)1-7/h1H2. The van der Waals surface area contributed by atoms with Crippen molar-refractivity contribution in [1.29, 1.82) is 0 Å². The summed E-state index contributed by atoms with van der Waals surface area (Å²) < 4.78 is 46.7. The molecule has 0 aromatic heterocycles. The van der Waals surface area contributed by atoms with Gasteiger partial charge in [0.1, 0.15) is 5.03 Å². The van der Waals surface area contributed by atoms with Crippen LogP contribution in [0.25, 0.3) is 0 Å². The van der Waals surface area contributed by atoms with Gasteiger partial charge in [-0.15, -0.1) is 0 Å². The molecule has 0 amide bonds. The van der Waals surface area contributed by atoms with Crippen molar-refractivity contribution in [1.82, 2.24) is 0 Å². The molecule has 0 atom stereocenters. The molecule has 0 aromatic carbocycles. The van der Waals surface area contributed by atoms with Gasteiger partial charge in [-0.2, -0.15) is 13.2 Å². The van der Waals surface area contributed by atoms with Crippen LogP contribution in [0.5, 0.6) is 0 Å². The Labute approximate surface area is 64.4 Å². The fourth-order valence-electron chi connectivity index (χ4n) is 0.197. The molecule has 0 radical (unpaired) electrons. The second kappa shape index (κ2) is 3.44. The molecule has 0 aliphatic heterocycles. The monoisotopic (exact) mass is 196 g/mol. The van der Waals surface area contributed by atoms with Crippen LogP contribution in [0.3, 0.4) is 0 Å². The van der Waals surface area contributed by atoms with Gasteiger partial charge in [0.25, 0.3) is 0 Å². The first kappa shape index (κ1) is 10.0. The van der Waals surface area contributed by atoms with E-state index in [0.717, 1.165) is 0 Å². The zero-order chi connectivity index (χ0) is 8.36. The van der Waals surface area contributed by atoms with Gasteiger partial charge >= 0.3 is 5.92 Å². The van der Waals surface area contributed by atoms with Crippen molar-refractivity contribution >= 4 is 23.2 Å². The van der Waals surface area contributed by atoms with Crippen LogP contribution in [-0.4, -0.2) is 12.6 Å². The molecule has 0 saturated heterocycles. The van der Waals surface area contributed by atoms with Crippen LogP contribution >= 0.6 is 23.2 Å². The summed E-state index contributed by atoms with van der Waals surface area (Å²) in [6.07, 6.45) is 0. The first-order valence-electron chi connectivity index (χ1n) is 2.07. The summed E-state index contributed by atoms with van der Waals surface area (Å²) in [7, 11) is 0. The third-order valence-corrected chi connectivity index (χ3v) is 1.38. The molecule has 0 saturated carbocycles. The van der Waals surface area contributed by atoms with Crippen molar-refractivity contribution < 1.29 is 17.6 Å². The number of halogens is 6. The largest absolute Gasteiger partial charge is 0.315 e. The van der Waals surface area contributed by atoms with Crippen LogP contribution in [0, 0.1) is 0 Å². The van der Waals surface area contributed by atoms with Gasteiger partial charge < -0.3 is 0 Å². The zero-order valence-corrected chi connectivity index (χ0v) is 5.99. The Morgan fingerprint density at radius 1 is 1.30 bits per heavy atom. The Bertz CT molecular complexity index is 149. The first-order chi connectivity index (χ1) is 4.41. The summed E-state index contributed by atoms with van der Waals surface area (Å²) in [6, 6.07) is 0. The maximum Gasteiger partial charge on any atom is 0.315 e. The summed E-state index contributed by atoms with van der Waals surface area (Å²) in [5.41, 5.74) is 0. The molecule has 0 spiro atoms. The molecule has 6 heteroatoms. The van der Waals surface area contributed by atoms with Gasteiger partial charge in [-0.05, 0) is 11.6 Å². The van der Waals surface area contributed by atoms with E-state index in [1.165, 1.54) is 0 Å². The number of hydrogen-bond donors (Lipinski definition) is 0. The van der Waals surface area contributed by atoms with E-state index >= 15 is 0 Å². The molecule has 0 N–H and O–H groups in total. The topological polar surface area (TPSA) is 0 Å². The minimum Gasteiger partial charge on any atom is -0.244 e. The summed E-state index contributed by atoms with van der Waals surface area (Å²) in [4.78, 5) is 0. The fourth-order valence-corrected chi connectivity index (χ4v) is 0.386. The highest BCUT2D eigenvalue weighted by atomic mass is 35.5. The highest BCUT2D eigenvalue weighted by Crippen LogP contribution is 2.32. The van der Waals surface area contributed by atoms with Crippen molar-refractivity contribution in [3.05, 3.63) is 10.3 Å². The number of alkyl halides is 3. The maximum atomic E-state index is 11.9. The van der Waals surface area contributed by atoms with Crippen molar-refractivity contribution in [2.45, 2.75) is 5.92 Å². The number of rotatable bonds is 2. The molecule has 0 rings (SSSR count). The molecule has 0 aliphatic rings. The van der Waals surface area contributed by atoms with Crippen molar-refractivity contribution in [3.63, 3.8) is 0 Å². The van der Waals surface area contributed by atoms with Crippen molar-refractivity contribution in [2.75, 3.05) is 6.67 Å². The van der Waals surface area contributed by atoms with E-state index in [0.29, 0.717) is 0 Å². The summed E-state index contributed by atoms with van der Waals surface area (Å²) in [5.74, 6) is -4.01. The summed E-state index contributed by atoms with van der Waals surface area (Å²) >= 11 is 9.02. The van der Waals surface area contributed by atoms with Crippen LogP contribution in [0.15, 0.2) is 10.3 Å². The molecule has 0 fully saturated rings. The van der Waals surface area contributed by atoms with Crippen LogP contribution in [0.2, 0.25) is 0 Å². The quantitative estimate of drug-likeness (QED) is 0.596. The Kier molecular flexibility index (Phi) is 3.45. The average molecular weight is 197 g/mol. The Hall–Kier alpha value is 0.0400. The second-order valence-corrected chi connectivity index (χ2v) is 2.12. The zero-order valence-electron chi connectivity index (χ0n) is 4.47. The van der Waals surface area contributed by atoms with E-state index in [4.69, 9.17) is 0 Å². The van der Waals surface area contributed by atoms with E-state index in [1.54, 1.807) is 0 Å². The van der Waals surface area contributed by atoms with Gasteiger partial charge in [0.05, 0.1) is 0 Å². The Morgan fingerprint density at radius 2 is 1.70 bits per heavy atom. The number of allylic oxidation sites excluding steroid dienone is 1. The number of hydrogen-bond acceptors (Lipinski definition) is 0. The minimum absolute atomic E-state index is 1.60. The molecular weight excluding hydrogens is 195 g/mol. The lowest BCUT2D eigenvalue weighted by Crippen LogP contribution is -2.19. The first-order valence-corrected chi connectivity index (χ1v) is 2.82. The highest BCUT2D eigenvalue weighted by Gasteiger charge is 2.36. The van der Waals surface area contributed by atoms with E-state index < -0.39 is 22.9 Å².